The number of carbonyl (C=O) groups excluding carboxylic acids is 5. The molecule has 0 saturated heterocycles. The SMILES string of the molecule is O=C(O)O.O=C(O)O.O=C(O)O.O=C(O)O.O=C(O)O.O=C(O)O.O=C(O)O.O=C(O)O.O=C(O)O.O=C(O)O.O=C(O)O.O=C(O)O.O=C(O)O.O=C(O)O.O=C(O)O.O=C(O)O.O=C(O)O.O=C(O)O.O=C(O)O.O=C(O)O.O=C(O)O.O=C(O)O.O=C(O)O.O=C(O)O.O=C(O)O.O=C(O)O.O=C(O)O.O=C(O)O.O=C(O)O.O=C(O)O.O=C([O-])[O-].O=C([O-])[O-].O=C([O-])[O-].O=C([O-])[O-].O=C([O-])[O-].[Na+].[Na+].[Na+].[Na+].[Na+].[Na+].[Na+].[Na+].[Na+].[Na+]. The van der Waals surface area contributed by atoms with Crippen molar-refractivity contribution >= 4 is 215 Å². The second kappa shape index (κ2) is 293. The minimum Gasteiger partial charge on any atom is -0.652 e. The van der Waals surface area contributed by atoms with Crippen LogP contribution in [0.2, 0.25) is 0 Å². The van der Waals surface area contributed by atoms with Crippen LogP contribution >= 0.6 is 0 Å². The monoisotopic (exact) mass is 2390 g/mol. The Morgan fingerprint density at radius 2 is 0.0667 bits per heavy atom. The van der Waals surface area contributed by atoms with Crippen LogP contribution in [0.25, 0.3) is 0 Å². The molecule has 0 heterocycles. The predicted octanol–water partition coefficient (Wildman–Crippen LogP) is -35.5. The second-order valence-corrected chi connectivity index (χ2v) is 9.73. The Morgan fingerprint density at radius 1 is 0.0667 bits per heavy atom. The van der Waals surface area contributed by atoms with Crippen LogP contribution in [0.5, 0.6) is 0 Å². The van der Waals surface area contributed by atoms with Crippen molar-refractivity contribution in [2.24, 2.45) is 0 Å². The van der Waals surface area contributed by atoms with E-state index in [0.717, 1.165) is 0 Å². The normalized spacial score (nSPS) is 5.60. The second-order valence-electron chi connectivity index (χ2n) is 9.73. The van der Waals surface area contributed by atoms with E-state index in [-0.39, 0.29) is 296 Å². The summed E-state index contributed by atoms with van der Waals surface area (Å²) in [4.78, 5) is 298. The maximum absolute atomic E-state index is 8.56. The molecule has 0 spiro atoms. The van der Waals surface area contributed by atoms with E-state index in [1.54, 1.807) is 0 Å². The molecule has 115 heteroatoms. The molecule has 0 aliphatic rings. The molecule has 0 unspecified atom stereocenters. The van der Waals surface area contributed by atoms with Gasteiger partial charge in [-0.15, -0.1) is 0 Å². The van der Waals surface area contributed by atoms with Gasteiger partial charge in [-0.3, -0.25) is 0 Å². The summed E-state index contributed by atoms with van der Waals surface area (Å²) in [6, 6.07) is 0. The number of hydrogen-bond acceptors (Lipinski definition) is 45. The van der Waals surface area contributed by atoms with E-state index in [2.05, 4.69) is 0 Å². The summed E-state index contributed by atoms with van der Waals surface area (Å²) < 4.78 is 0. The Bertz CT molecular complexity index is 2050. The Hall–Kier alpha value is -15.5. The van der Waals surface area contributed by atoms with Crippen molar-refractivity contribution in [2.45, 2.75) is 0 Å². The summed E-state index contributed by atoms with van der Waals surface area (Å²) in [5.41, 5.74) is 0. The third-order valence-corrected chi connectivity index (χ3v) is 0. The molecule has 0 fully saturated rings. The fraction of sp³-hybridized carbons (Fsp3) is 0. The molecule has 0 aromatic heterocycles. The molecule has 0 rings (SSSR count). The molecular formula is C35H60Na10O105. The quantitative estimate of drug-likeness (QED) is 0.100. The van der Waals surface area contributed by atoms with Crippen molar-refractivity contribution < 1.29 is 821 Å². The molecule has 840 valence electrons. The Morgan fingerprint density at radius 3 is 0.0667 bits per heavy atom. The number of rotatable bonds is 0. The average molecular weight is 2390 g/mol. The largest absolute Gasteiger partial charge is 1.00 e. The smallest absolute Gasteiger partial charge is 0.652 e. The van der Waals surface area contributed by atoms with E-state index in [9.17, 15) is 0 Å². The van der Waals surface area contributed by atoms with E-state index in [0.29, 0.717) is 0 Å². The first-order valence-corrected chi connectivity index (χ1v) is 22.6. The van der Waals surface area contributed by atoms with Gasteiger partial charge in [-0.05, 0) is 30.8 Å². The van der Waals surface area contributed by atoms with E-state index >= 15 is 0 Å². The molecule has 0 aromatic carbocycles. The summed E-state index contributed by atoms with van der Waals surface area (Å²) in [5, 5.41) is 502. The van der Waals surface area contributed by atoms with Gasteiger partial charge in [0.15, 0.2) is 0 Å². The van der Waals surface area contributed by atoms with E-state index in [4.69, 9.17) is 525 Å². The molecule has 0 aliphatic carbocycles. The predicted molar refractivity (Wildman–Crippen MR) is 347 cm³/mol. The van der Waals surface area contributed by atoms with Crippen LogP contribution in [0.3, 0.4) is 0 Å². The molecule has 105 nitrogen and oxygen atoms in total. The molecule has 0 aliphatic heterocycles. The Labute approximate surface area is 1020 Å². The minimum absolute atomic E-state index is 0. The molecule has 60 N–H and O–H groups in total. The van der Waals surface area contributed by atoms with Crippen molar-refractivity contribution in [3.63, 3.8) is 0 Å². The zero-order valence-electron chi connectivity index (χ0n) is 72.7. The number of hydrogen-bond donors (Lipinski definition) is 60. The van der Waals surface area contributed by atoms with Crippen LogP contribution in [-0.4, -0.2) is 522 Å². The summed E-state index contributed by atoms with van der Waals surface area (Å²) in [5.74, 6) is 0. The zero-order valence-corrected chi connectivity index (χ0v) is 92.7. The molecule has 0 saturated carbocycles. The fourth-order valence-electron chi connectivity index (χ4n) is 0. The molecule has 0 amide bonds. The molecule has 150 heavy (non-hydrogen) atoms. The molecule has 0 radical (unpaired) electrons. The van der Waals surface area contributed by atoms with Gasteiger partial charge in [0.2, 0.25) is 0 Å². The van der Waals surface area contributed by atoms with Crippen molar-refractivity contribution in [3.8, 4) is 0 Å². The standard InChI is InChI=1S/35CH2O3.10Na/c35*2-1(3)4;;;;;;;;;;/h35*(H2,2,3,4);;;;;;;;;;/q;;;;;;;;;;;;;;;;;;;;;;;;;;;;;;;;;;;10*+1/p-10. The van der Waals surface area contributed by atoms with E-state index in [1.807, 2.05) is 0 Å². The van der Waals surface area contributed by atoms with Gasteiger partial charge < -0.3 is 381 Å². The van der Waals surface area contributed by atoms with Gasteiger partial charge in [0, 0.05) is 0 Å². The first kappa shape index (κ1) is 299. The minimum atomic E-state index is -2.33. The van der Waals surface area contributed by atoms with Crippen LogP contribution in [0, 0.1) is 0 Å². The van der Waals surface area contributed by atoms with Gasteiger partial charge in [-0.25, -0.2) is 144 Å². The molecule has 0 atom stereocenters. The van der Waals surface area contributed by atoms with Gasteiger partial charge >= 0.3 is 480 Å². The molecule has 0 bridgehead atoms. The third kappa shape index (κ3) is 9460. The van der Waals surface area contributed by atoms with Crippen LogP contribution in [0.1, 0.15) is 0 Å². The number of carbonyl (C=O) groups is 35. The van der Waals surface area contributed by atoms with Crippen LogP contribution < -0.4 is 347 Å². The zero-order chi connectivity index (χ0) is 125. The third-order valence-electron chi connectivity index (χ3n) is 0. The summed E-state index contributed by atoms with van der Waals surface area (Å²) in [6.45, 7) is 0. The van der Waals surface area contributed by atoms with Gasteiger partial charge in [-0.1, -0.05) is 0 Å². The van der Waals surface area contributed by atoms with E-state index in [1.165, 1.54) is 0 Å². The van der Waals surface area contributed by atoms with Crippen LogP contribution in [0.4, 0.5) is 168 Å². The van der Waals surface area contributed by atoms with Gasteiger partial charge in [-0.2, -0.15) is 0 Å². The van der Waals surface area contributed by atoms with Crippen LogP contribution in [-0.2, 0) is 0 Å². The summed E-state index contributed by atoms with van der Waals surface area (Å²) >= 11 is 0. The number of carboxylic acid groups (broad SMARTS) is 70. The van der Waals surface area contributed by atoms with E-state index < -0.39 is 215 Å². The summed E-state index contributed by atoms with van der Waals surface area (Å²) in [6.07, 6.45) is -66.7. The maximum atomic E-state index is 8.56. The fourth-order valence-corrected chi connectivity index (χ4v) is 0. The van der Waals surface area contributed by atoms with Crippen molar-refractivity contribution in [2.75, 3.05) is 0 Å². The Kier molecular flexibility index (Phi) is 584. The molecule has 0 aromatic rings. The van der Waals surface area contributed by atoms with Gasteiger partial charge in [0.25, 0.3) is 0 Å². The summed E-state index contributed by atoms with van der Waals surface area (Å²) in [7, 11) is 0. The van der Waals surface area contributed by atoms with Crippen molar-refractivity contribution in [3.05, 3.63) is 0 Å². The van der Waals surface area contributed by atoms with Crippen molar-refractivity contribution in [1.82, 2.24) is 0 Å². The van der Waals surface area contributed by atoms with Gasteiger partial charge in [0.1, 0.15) is 0 Å². The average Bonchev–Trinajstić information content (AvgIpc) is 3.40. The van der Waals surface area contributed by atoms with Gasteiger partial charge in [0.05, 0.1) is 0 Å². The first-order valence-electron chi connectivity index (χ1n) is 22.6. The Balaban J connectivity index is -0.0000000176. The van der Waals surface area contributed by atoms with Crippen LogP contribution in [0.15, 0.2) is 0 Å². The maximum Gasteiger partial charge on any atom is 1.00 e. The topological polar surface area (TPSA) is 2040 Å². The first-order chi connectivity index (χ1) is 60.6. The van der Waals surface area contributed by atoms with Crippen molar-refractivity contribution in [1.29, 1.82) is 0 Å². The molecular weight excluding hydrogens is 2330 g/mol.